The number of hydrogen-bond donors (Lipinski definition) is 1. The van der Waals surface area contributed by atoms with Crippen molar-refractivity contribution in [2.24, 2.45) is 5.92 Å². The van der Waals surface area contributed by atoms with Gasteiger partial charge in [-0.25, -0.2) is 0 Å². The Balaban J connectivity index is 2.50. The van der Waals surface area contributed by atoms with Crippen molar-refractivity contribution in [2.45, 2.75) is 52.6 Å². The predicted molar refractivity (Wildman–Crippen MR) is 73.4 cm³/mol. The molecule has 0 amide bonds. The summed E-state index contributed by atoms with van der Waals surface area (Å²) in [5.41, 5.74) is 0. The lowest BCUT2D eigenvalue weighted by molar-refractivity contribution is 0.146. The fraction of sp³-hybridized carbons (Fsp3) is 1.00. The monoisotopic (exact) mass is 242 g/mol. The lowest BCUT2D eigenvalue weighted by atomic mass is 9.97. The molecule has 0 aromatic rings. The van der Waals surface area contributed by atoms with Crippen LogP contribution in [0.1, 0.15) is 40.5 Å². The minimum Gasteiger partial charge on any atom is -0.381 e. The van der Waals surface area contributed by atoms with Crippen molar-refractivity contribution in [2.75, 3.05) is 32.8 Å². The Morgan fingerprint density at radius 2 is 2.12 bits per heavy atom. The summed E-state index contributed by atoms with van der Waals surface area (Å²) >= 11 is 0. The van der Waals surface area contributed by atoms with Gasteiger partial charge in [0.05, 0.1) is 6.61 Å². The third kappa shape index (κ3) is 4.57. The molecular formula is C14H30N2O. The standard InChI is InChI=1S/C14H30N2O/c1-5-12(4)16(7-3)10-14(15-6-2)13-8-9-17-11-13/h12-15H,5-11H2,1-4H3. The van der Waals surface area contributed by atoms with Crippen molar-refractivity contribution in [3.8, 4) is 0 Å². The van der Waals surface area contributed by atoms with Crippen LogP contribution >= 0.6 is 0 Å². The molecule has 1 saturated heterocycles. The molecule has 0 saturated carbocycles. The van der Waals surface area contributed by atoms with E-state index < -0.39 is 0 Å². The number of ether oxygens (including phenoxy) is 1. The van der Waals surface area contributed by atoms with Crippen LogP contribution in [0.3, 0.4) is 0 Å². The molecule has 0 bridgehead atoms. The zero-order valence-electron chi connectivity index (χ0n) is 12.0. The van der Waals surface area contributed by atoms with E-state index in [-0.39, 0.29) is 0 Å². The molecule has 1 aliphatic rings. The fourth-order valence-electron chi connectivity index (χ4n) is 2.64. The highest BCUT2D eigenvalue weighted by molar-refractivity contribution is 4.83. The maximum absolute atomic E-state index is 5.53. The van der Waals surface area contributed by atoms with Crippen LogP contribution in [0, 0.1) is 5.92 Å². The zero-order valence-corrected chi connectivity index (χ0v) is 12.0. The van der Waals surface area contributed by atoms with E-state index in [1.54, 1.807) is 0 Å². The van der Waals surface area contributed by atoms with Gasteiger partial charge in [0.25, 0.3) is 0 Å². The Hall–Kier alpha value is -0.120. The molecule has 3 nitrogen and oxygen atoms in total. The Labute approximate surface area is 107 Å². The number of likely N-dealkylation sites (N-methyl/N-ethyl adjacent to an activating group) is 2. The molecule has 1 aliphatic heterocycles. The molecule has 3 heteroatoms. The Morgan fingerprint density at radius 1 is 1.35 bits per heavy atom. The van der Waals surface area contributed by atoms with Crippen molar-refractivity contribution in [1.29, 1.82) is 0 Å². The minimum atomic E-state index is 0.594. The molecule has 1 fully saturated rings. The minimum absolute atomic E-state index is 0.594. The second kappa shape index (κ2) is 8.06. The first-order valence-corrected chi connectivity index (χ1v) is 7.28. The van der Waals surface area contributed by atoms with E-state index in [4.69, 9.17) is 4.74 Å². The van der Waals surface area contributed by atoms with Crippen molar-refractivity contribution in [1.82, 2.24) is 10.2 Å². The molecular weight excluding hydrogens is 212 g/mol. The van der Waals surface area contributed by atoms with Gasteiger partial charge >= 0.3 is 0 Å². The average molecular weight is 242 g/mol. The Kier molecular flexibility index (Phi) is 7.09. The van der Waals surface area contributed by atoms with Crippen LogP contribution in [0.5, 0.6) is 0 Å². The lowest BCUT2D eigenvalue weighted by Crippen LogP contribution is -2.48. The van der Waals surface area contributed by atoms with Crippen LogP contribution in [0.4, 0.5) is 0 Å². The third-order valence-corrected chi connectivity index (χ3v) is 4.05. The highest BCUT2D eigenvalue weighted by Gasteiger charge is 2.27. The van der Waals surface area contributed by atoms with Crippen molar-refractivity contribution < 1.29 is 4.74 Å². The summed E-state index contributed by atoms with van der Waals surface area (Å²) in [7, 11) is 0. The van der Waals surface area contributed by atoms with Gasteiger partial charge in [-0.2, -0.15) is 0 Å². The lowest BCUT2D eigenvalue weighted by Gasteiger charge is -2.33. The van der Waals surface area contributed by atoms with Gasteiger partial charge in [0, 0.05) is 31.2 Å². The third-order valence-electron chi connectivity index (χ3n) is 4.05. The molecule has 3 atom stereocenters. The Morgan fingerprint density at radius 3 is 2.59 bits per heavy atom. The van der Waals surface area contributed by atoms with Crippen LogP contribution in [-0.4, -0.2) is 49.8 Å². The number of nitrogens with zero attached hydrogens (tertiary/aromatic N) is 1. The van der Waals surface area contributed by atoms with Crippen LogP contribution < -0.4 is 5.32 Å². The van der Waals surface area contributed by atoms with Gasteiger partial charge in [0.2, 0.25) is 0 Å². The van der Waals surface area contributed by atoms with E-state index in [2.05, 4.69) is 37.9 Å². The van der Waals surface area contributed by atoms with Crippen LogP contribution in [0.2, 0.25) is 0 Å². The zero-order chi connectivity index (χ0) is 12.7. The SMILES string of the molecule is CCNC(CN(CC)C(C)CC)C1CCOC1. The van der Waals surface area contributed by atoms with Gasteiger partial charge in [0.1, 0.15) is 0 Å². The summed E-state index contributed by atoms with van der Waals surface area (Å²) in [6, 6.07) is 1.28. The molecule has 0 spiro atoms. The molecule has 0 aromatic heterocycles. The first kappa shape index (κ1) is 14.9. The van der Waals surface area contributed by atoms with Crippen molar-refractivity contribution in [3.05, 3.63) is 0 Å². The van der Waals surface area contributed by atoms with E-state index in [0.717, 1.165) is 32.8 Å². The maximum atomic E-state index is 5.53. The summed E-state index contributed by atoms with van der Waals surface area (Å²) in [5, 5.41) is 3.65. The summed E-state index contributed by atoms with van der Waals surface area (Å²) in [6.07, 6.45) is 2.45. The summed E-state index contributed by atoms with van der Waals surface area (Å²) in [4.78, 5) is 2.59. The molecule has 3 unspecified atom stereocenters. The number of hydrogen-bond acceptors (Lipinski definition) is 3. The quantitative estimate of drug-likeness (QED) is 0.705. The van der Waals surface area contributed by atoms with Crippen LogP contribution in [-0.2, 0) is 4.74 Å². The molecule has 17 heavy (non-hydrogen) atoms. The van der Waals surface area contributed by atoms with E-state index in [9.17, 15) is 0 Å². The first-order chi connectivity index (χ1) is 8.22. The average Bonchev–Trinajstić information content (AvgIpc) is 2.87. The molecule has 1 heterocycles. The van der Waals surface area contributed by atoms with E-state index >= 15 is 0 Å². The van der Waals surface area contributed by atoms with Gasteiger partial charge in [-0.05, 0) is 32.9 Å². The normalized spacial score (nSPS) is 24.2. The summed E-state index contributed by atoms with van der Waals surface area (Å²) in [5.74, 6) is 0.702. The van der Waals surface area contributed by atoms with E-state index in [0.29, 0.717) is 18.0 Å². The van der Waals surface area contributed by atoms with Crippen molar-refractivity contribution >= 4 is 0 Å². The van der Waals surface area contributed by atoms with Crippen molar-refractivity contribution in [3.63, 3.8) is 0 Å². The van der Waals surface area contributed by atoms with Gasteiger partial charge < -0.3 is 10.1 Å². The predicted octanol–water partition coefficient (Wildman–Crippen LogP) is 2.12. The number of rotatable bonds is 8. The molecule has 0 aromatic carbocycles. The van der Waals surface area contributed by atoms with Gasteiger partial charge in [-0.3, -0.25) is 4.90 Å². The topological polar surface area (TPSA) is 24.5 Å². The maximum Gasteiger partial charge on any atom is 0.0510 e. The van der Waals surface area contributed by atoms with E-state index in [1.165, 1.54) is 12.8 Å². The summed E-state index contributed by atoms with van der Waals surface area (Å²) < 4.78 is 5.53. The summed E-state index contributed by atoms with van der Waals surface area (Å²) in [6.45, 7) is 14.3. The molecule has 1 rings (SSSR count). The largest absolute Gasteiger partial charge is 0.381 e. The molecule has 0 aliphatic carbocycles. The molecule has 102 valence electrons. The fourth-order valence-corrected chi connectivity index (χ4v) is 2.64. The van der Waals surface area contributed by atoms with Crippen LogP contribution in [0.15, 0.2) is 0 Å². The highest BCUT2D eigenvalue weighted by atomic mass is 16.5. The van der Waals surface area contributed by atoms with E-state index in [1.807, 2.05) is 0 Å². The van der Waals surface area contributed by atoms with Gasteiger partial charge in [-0.1, -0.05) is 20.8 Å². The number of nitrogens with one attached hydrogen (secondary N) is 1. The van der Waals surface area contributed by atoms with Gasteiger partial charge in [-0.15, -0.1) is 0 Å². The second-order valence-electron chi connectivity index (χ2n) is 5.13. The van der Waals surface area contributed by atoms with Gasteiger partial charge in [0.15, 0.2) is 0 Å². The molecule has 0 radical (unpaired) electrons. The van der Waals surface area contributed by atoms with Crippen LogP contribution in [0.25, 0.3) is 0 Å². The smallest absolute Gasteiger partial charge is 0.0510 e. The Bertz CT molecular complexity index is 193. The second-order valence-corrected chi connectivity index (χ2v) is 5.13. The molecule has 1 N–H and O–H groups in total. The first-order valence-electron chi connectivity index (χ1n) is 7.28. The highest BCUT2D eigenvalue weighted by Crippen LogP contribution is 2.18.